The van der Waals surface area contributed by atoms with Crippen molar-refractivity contribution in [1.82, 2.24) is 10.6 Å². The number of benzene rings is 1. The van der Waals surface area contributed by atoms with Gasteiger partial charge in [0.25, 0.3) is 0 Å². The third-order valence-electron chi connectivity index (χ3n) is 3.99. The molecular weight excluding hydrogens is 266 g/mol. The molecule has 2 amide bonds. The van der Waals surface area contributed by atoms with Gasteiger partial charge in [0, 0.05) is 12.6 Å². The zero-order valence-electron chi connectivity index (χ0n) is 12.3. The summed E-state index contributed by atoms with van der Waals surface area (Å²) in [4.78, 5) is 24.2. The molecule has 1 fully saturated rings. The lowest BCUT2D eigenvalue weighted by Gasteiger charge is -2.22. The van der Waals surface area contributed by atoms with E-state index in [0.717, 1.165) is 18.4 Å². The van der Waals surface area contributed by atoms with E-state index in [1.807, 2.05) is 30.3 Å². The van der Waals surface area contributed by atoms with Crippen LogP contribution in [0.1, 0.15) is 37.8 Å². The Morgan fingerprint density at radius 1 is 1.33 bits per heavy atom. The summed E-state index contributed by atoms with van der Waals surface area (Å²) in [6.45, 7) is 2.48. The monoisotopic (exact) mass is 289 g/mol. The van der Waals surface area contributed by atoms with E-state index in [0.29, 0.717) is 13.0 Å². The summed E-state index contributed by atoms with van der Waals surface area (Å²) in [5, 5.41) is 5.64. The summed E-state index contributed by atoms with van der Waals surface area (Å²) in [6.07, 6.45) is 2.57. The molecule has 0 saturated carbocycles. The average molecular weight is 289 g/mol. The van der Waals surface area contributed by atoms with E-state index in [1.54, 1.807) is 6.92 Å². The lowest BCUT2D eigenvalue weighted by atomic mass is 9.94. The summed E-state index contributed by atoms with van der Waals surface area (Å²) in [5.41, 5.74) is 7.07. The first kappa shape index (κ1) is 15.5. The Balaban J connectivity index is 1.97. The molecule has 1 aromatic carbocycles. The Morgan fingerprint density at radius 2 is 2.05 bits per heavy atom. The highest BCUT2D eigenvalue weighted by Gasteiger charge is 2.27. The Hall–Kier alpha value is -1.88. The van der Waals surface area contributed by atoms with Crippen LogP contribution in [-0.2, 0) is 9.59 Å². The molecule has 4 N–H and O–H groups in total. The van der Waals surface area contributed by atoms with Crippen LogP contribution in [0.2, 0.25) is 0 Å². The number of nitrogens with one attached hydrogen (secondary N) is 2. The Bertz CT molecular complexity index is 490. The average Bonchev–Trinajstić information content (AvgIpc) is 2.71. The molecule has 0 bridgehead atoms. The van der Waals surface area contributed by atoms with Crippen molar-refractivity contribution in [2.75, 3.05) is 6.54 Å². The zero-order chi connectivity index (χ0) is 15.2. The van der Waals surface area contributed by atoms with Crippen LogP contribution in [0.3, 0.4) is 0 Å². The molecule has 5 heteroatoms. The van der Waals surface area contributed by atoms with Crippen molar-refractivity contribution in [2.45, 2.75) is 38.3 Å². The molecule has 0 aliphatic carbocycles. The number of amides is 2. The number of rotatable bonds is 4. The minimum Gasteiger partial charge on any atom is -0.354 e. The SMILES string of the molecule is CC(C(=O)NC1CCCCNC1=O)C(N)c1ccccc1. The second kappa shape index (κ2) is 7.22. The van der Waals surface area contributed by atoms with Gasteiger partial charge < -0.3 is 16.4 Å². The number of hydrogen-bond donors (Lipinski definition) is 3. The molecular formula is C16H23N3O2. The molecule has 114 valence electrons. The van der Waals surface area contributed by atoms with Gasteiger partial charge in [-0.05, 0) is 24.8 Å². The topological polar surface area (TPSA) is 84.2 Å². The maximum Gasteiger partial charge on any atom is 0.242 e. The minimum atomic E-state index is -0.439. The van der Waals surface area contributed by atoms with Gasteiger partial charge in [0.15, 0.2) is 0 Å². The number of carbonyl (C=O) groups is 2. The zero-order valence-corrected chi connectivity index (χ0v) is 12.3. The van der Waals surface area contributed by atoms with Gasteiger partial charge in [0.2, 0.25) is 11.8 Å². The van der Waals surface area contributed by atoms with Gasteiger partial charge in [-0.15, -0.1) is 0 Å². The minimum absolute atomic E-state index is 0.0960. The predicted molar refractivity (Wildman–Crippen MR) is 81.3 cm³/mol. The second-order valence-corrected chi connectivity index (χ2v) is 5.57. The molecule has 1 aliphatic heterocycles. The first-order valence-electron chi connectivity index (χ1n) is 7.48. The maximum absolute atomic E-state index is 12.3. The largest absolute Gasteiger partial charge is 0.354 e. The van der Waals surface area contributed by atoms with Crippen LogP contribution in [0.4, 0.5) is 0 Å². The van der Waals surface area contributed by atoms with Crippen LogP contribution in [-0.4, -0.2) is 24.4 Å². The van der Waals surface area contributed by atoms with Gasteiger partial charge in [-0.25, -0.2) is 0 Å². The van der Waals surface area contributed by atoms with Crippen molar-refractivity contribution in [3.8, 4) is 0 Å². The van der Waals surface area contributed by atoms with E-state index in [1.165, 1.54) is 0 Å². The van der Waals surface area contributed by atoms with E-state index in [9.17, 15) is 9.59 Å². The van der Waals surface area contributed by atoms with Crippen LogP contribution in [0.5, 0.6) is 0 Å². The van der Waals surface area contributed by atoms with Crippen LogP contribution in [0, 0.1) is 5.92 Å². The highest BCUT2D eigenvalue weighted by molar-refractivity contribution is 5.88. The third kappa shape index (κ3) is 4.04. The quantitative estimate of drug-likeness (QED) is 0.776. The molecule has 0 radical (unpaired) electrons. The number of nitrogens with two attached hydrogens (primary N) is 1. The lowest BCUT2D eigenvalue weighted by molar-refractivity contribution is -0.131. The first-order valence-corrected chi connectivity index (χ1v) is 7.48. The van der Waals surface area contributed by atoms with Crippen LogP contribution < -0.4 is 16.4 Å². The van der Waals surface area contributed by atoms with Crippen molar-refractivity contribution >= 4 is 11.8 Å². The fraction of sp³-hybridized carbons (Fsp3) is 0.500. The summed E-state index contributed by atoms with van der Waals surface area (Å²) < 4.78 is 0. The third-order valence-corrected chi connectivity index (χ3v) is 3.99. The Morgan fingerprint density at radius 3 is 2.76 bits per heavy atom. The summed E-state index contributed by atoms with van der Waals surface area (Å²) in [6, 6.07) is 8.72. The van der Waals surface area contributed by atoms with Crippen molar-refractivity contribution < 1.29 is 9.59 Å². The van der Waals surface area contributed by atoms with E-state index in [2.05, 4.69) is 10.6 Å². The van der Waals surface area contributed by atoms with Gasteiger partial charge in [-0.2, -0.15) is 0 Å². The van der Waals surface area contributed by atoms with Gasteiger partial charge in [0.1, 0.15) is 6.04 Å². The molecule has 21 heavy (non-hydrogen) atoms. The first-order chi connectivity index (χ1) is 10.1. The molecule has 1 saturated heterocycles. The highest BCUT2D eigenvalue weighted by atomic mass is 16.2. The summed E-state index contributed by atoms with van der Waals surface area (Å²) in [7, 11) is 0. The van der Waals surface area contributed by atoms with Crippen molar-refractivity contribution in [1.29, 1.82) is 0 Å². The van der Waals surface area contributed by atoms with Gasteiger partial charge in [-0.1, -0.05) is 37.3 Å². The second-order valence-electron chi connectivity index (χ2n) is 5.57. The Kier molecular flexibility index (Phi) is 5.33. The summed E-state index contributed by atoms with van der Waals surface area (Å²) >= 11 is 0. The van der Waals surface area contributed by atoms with Crippen LogP contribution in [0.25, 0.3) is 0 Å². The van der Waals surface area contributed by atoms with Gasteiger partial charge in [0.05, 0.1) is 5.92 Å². The van der Waals surface area contributed by atoms with E-state index < -0.39 is 6.04 Å². The smallest absolute Gasteiger partial charge is 0.242 e. The molecule has 5 nitrogen and oxygen atoms in total. The molecule has 1 aromatic rings. The normalized spacial score (nSPS) is 21.8. The van der Waals surface area contributed by atoms with Gasteiger partial charge in [-0.3, -0.25) is 9.59 Å². The maximum atomic E-state index is 12.3. The van der Waals surface area contributed by atoms with Crippen molar-refractivity contribution in [3.05, 3.63) is 35.9 Å². The van der Waals surface area contributed by atoms with Crippen LogP contribution in [0.15, 0.2) is 30.3 Å². The fourth-order valence-electron chi connectivity index (χ4n) is 2.51. The fourth-order valence-corrected chi connectivity index (χ4v) is 2.51. The Labute approximate surface area is 125 Å². The van der Waals surface area contributed by atoms with E-state index in [4.69, 9.17) is 5.73 Å². The molecule has 0 spiro atoms. The molecule has 1 aliphatic rings. The molecule has 3 unspecified atom stereocenters. The molecule has 1 heterocycles. The number of hydrogen-bond acceptors (Lipinski definition) is 3. The van der Waals surface area contributed by atoms with Crippen LogP contribution >= 0.6 is 0 Å². The van der Waals surface area contributed by atoms with Crippen molar-refractivity contribution in [3.63, 3.8) is 0 Å². The molecule has 0 aromatic heterocycles. The molecule has 3 atom stereocenters. The predicted octanol–water partition coefficient (Wildman–Crippen LogP) is 1.11. The summed E-state index contributed by atoms with van der Waals surface area (Å²) in [5.74, 6) is -0.654. The standard InChI is InChI=1S/C16H23N3O2/c1-11(14(17)12-7-3-2-4-8-12)15(20)19-13-9-5-6-10-18-16(13)21/h2-4,7-8,11,13-14H,5-6,9-10,17H2,1H3,(H,18,21)(H,19,20). The van der Waals surface area contributed by atoms with E-state index in [-0.39, 0.29) is 23.8 Å². The molecule has 2 rings (SSSR count). The van der Waals surface area contributed by atoms with E-state index >= 15 is 0 Å². The van der Waals surface area contributed by atoms with Crippen molar-refractivity contribution in [2.24, 2.45) is 11.7 Å². The highest BCUT2D eigenvalue weighted by Crippen LogP contribution is 2.19. The van der Waals surface area contributed by atoms with Gasteiger partial charge >= 0.3 is 0 Å². The number of carbonyl (C=O) groups excluding carboxylic acids is 2. The lowest BCUT2D eigenvalue weighted by Crippen LogP contribution is -2.48.